The van der Waals surface area contributed by atoms with Crippen molar-refractivity contribution < 1.29 is 28.7 Å². The molecule has 0 spiro atoms. The molecular weight excluding hydrogens is 674 g/mol. The summed E-state index contributed by atoms with van der Waals surface area (Å²) >= 11 is 0. The normalized spacial score (nSPS) is 24.8. The van der Waals surface area contributed by atoms with Crippen LogP contribution in [0.2, 0.25) is 0 Å². The second-order valence-corrected chi connectivity index (χ2v) is 16.7. The number of carbonyl (C=O) groups is 4. The van der Waals surface area contributed by atoms with Gasteiger partial charge in [-0.1, -0.05) is 53.7 Å². The molecule has 1 aromatic heterocycles. The predicted molar refractivity (Wildman–Crippen MR) is 202 cm³/mol. The SMILES string of the molecule is CN1C(=O)C2(C)CC(C)(C(=O)NCc3ccc(-n4nc(C(C)(C)C)cc4NC(=O)Nc4ccc(OCCN5CCOCC5)cc4)cc3)CC(C)(C2)C1=O. The molecule has 1 aliphatic carbocycles. The molecule has 3 aliphatic rings. The number of nitrogens with one attached hydrogen (secondary N) is 3. The molecule has 3 fully saturated rings. The number of piperidine rings is 1. The van der Waals surface area contributed by atoms with Crippen LogP contribution in [-0.2, 0) is 31.1 Å². The molecule has 1 saturated carbocycles. The Hall–Kier alpha value is -4.75. The minimum Gasteiger partial charge on any atom is -0.492 e. The predicted octanol–water partition coefficient (Wildman–Crippen LogP) is 5.34. The third-order valence-electron chi connectivity index (χ3n) is 10.8. The lowest BCUT2D eigenvalue weighted by molar-refractivity contribution is -0.178. The topological polar surface area (TPSA) is 147 Å². The van der Waals surface area contributed by atoms with Crippen molar-refractivity contribution in [2.24, 2.45) is 16.2 Å². The Balaban J connectivity index is 1.08. The molecule has 284 valence electrons. The van der Waals surface area contributed by atoms with Gasteiger partial charge in [-0.3, -0.25) is 29.5 Å². The van der Waals surface area contributed by atoms with Crippen LogP contribution >= 0.6 is 0 Å². The molecule has 5 amide bonds. The fourth-order valence-electron chi connectivity index (χ4n) is 8.35. The van der Waals surface area contributed by atoms with Crippen molar-refractivity contribution in [1.29, 1.82) is 0 Å². The van der Waals surface area contributed by atoms with Crippen LogP contribution < -0.4 is 20.7 Å². The average molecular weight is 728 g/mol. The zero-order valence-corrected chi connectivity index (χ0v) is 32.0. The highest BCUT2D eigenvalue weighted by atomic mass is 16.5. The van der Waals surface area contributed by atoms with Gasteiger partial charge in [-0.25, -0.2) is 9.48 Å². The number of rotatable bonds is 10. The average Bonchev–Trinajstić information content (AvgIpc) is 3.54. The van der Waals surface area contributed by atoms with E-state index in [1.54, 1.807) is 23.9 Å². The molecule has 53 heavy (non-hydrogen) atoms. The minimum absolute atomic E-state index is 0.172. The second-order valence-electron chi connectivity index (χ2n) is 16.7. The number of fused-ring (bicyclic) bond motifs is 2. The van der Waals surface area contributed by atoms with Gasteiger partial charge in [0.1, 0.15) is 18.2 Å². The monoisotopic (exact) mass is 727 g/mol. The van der Waals surface area contributed by atoms with E-state index in [0.29, 0.717) is 37.4 Å². The number of amides is 5. The first-order valence-corrected chi connectivity index (χ1v) is 18.4. The molecule has 0 radical (unpaired) electrons. The van der Waals surface area contributed by atoms with Crippen LogP contribution in [0.4, 0.5) is 16.3 Å². The molecule has 2 aromatic carbocycles. The first-order valence-electron chi connectivity index (χ1n) is 18.4. The van der Waals surface area contributed by atoms with Gasteiger partial charge < -0.3 is 20.1 Å². The van der Waals surface area contributed by atoms with Gasteiger partial charge in [-0.05, 0) is 61.2 Å². The van der Waals surface area contributed by atoms with Crippen LogP contribution in [0.1, 0.15) is 72.1 Å². The van der Waals surface area contributed by atoms with Crippen LogP contribution in [0.15, 0.2) is 54.6 Å². The van der Waals surface area contributed by atoms with Crippen molar-refractivity contribution in [3.8, 4) is 11.4 Å². The third-order valence-corrected chi connectivity index (χ3v) is 10.8. The van der Waals surface area contributed by atoms with E-state index in [1.807, 2.05) is 63.2 Å². The molecule has 3 heterocycles. The number of urea groups is 1. The molecular formula is C40H53N7O6. The van der Waals surface area contributed by atoms with Gasteiger partial charge in [0, 0.05) is 66.6 Å². The van der Waals surface area contributed by atoms with Gasteiger partial charge in [-0.2, -0.15) is 5.10 Å². The molecule has 6 rings (SSSR count). The van der Waals surface area contributed by atoms with Crippen molar-refractivity contribution in [3.05, 3.63) is 65.9 Å². The van der Waals surface area contributed by atoms with Crippen molar-refractivity contribution >= 4 is 35.3 Å². The lowest BCUT2D eigenvalue weighted by atomic mass is 9.51. The number of carbonyl (C=O) groups excluding carboxylic acids is 4. The van der Waals surface area contributed by atoms with E-state index in [2.05, 4.69) is 41.6 Å². The number of nitrogens with zero attached hydrogens (tertiary/aromatic N) is 4. The number of morpholine rings is 1. The van der Waals surface area contributed by atoms with Crippen molar-refractivity contribution in [3.63, 3.8) is 0 Å². The minimum atomic E-state index is -0.868. The number of imide groups is 1. The van der Waals surface area contributed by atoms with Gasteiger partial charge in [-0.15, -0.1) is 0 Å². The summed E-state index contributed by atoms with van der Waals surface area (Å²) in [6.07, 6.45) is 1.21. The Kier molecular flexibility index (Phi) is 10.5. The van der Waals surface area contributed by atoms with Crippen LogP contribution in [0.25, 0.3) is 5.69 Å². The van der Waals surface area contributed by atoms with Gasteiger partial charge in [0.2, 0.25) is 17.7 Å². The number of likely N-dealkylation sites (tertiary alicyclic amines) is 1. The smallest absolute Gasteiger partial charge is 0.324 e. The molecule has 2 atom stereocenters. The van der Waals surface area contributed by atoms with E-state index in [9.17, 15) is 19.2 Å². The maximum Gasteiger partial charge on any atom is 0.324 e. The number of ether oxygens (including phenoxy) is 2. The van der Waals surface area contributed by atoms with Crippen LogP contribution in [0.3, 0.4) is 0 Å². The highest BCUT2D eigenvalue weighted by Gasteiger charge is 2.62. The Bertz CT molecular complexity index is 1810. The molecule has 2 bridgehead atoms. The number of hydrogen-bond donors (Lipinski definition) is 3. The Labute approximate surface area is 311 Å². The van der Waals surface area contributed by atoms with E-state index in [0.717, 1.165) is 55.5 Å². The van der Waals surface area contributed by atoms with Gasteiger partial charge in [0.25, 0.3) is 0 Å². The van der Waals surface area contributed by atoms with Gasteiger partial charge in [0.05, 0.1) is 24.6 Å². The van der Waals surface area contributed by atoms with E-state index >= 15 is 0 Å². The summed E-state index contributed by atoms with van der Waals surface area (Å²) < 4.78 is 13.0. The van der Waals surface area contributed by atoms with Crippen molar-refractivity contribution in [2.45, 2.75) is 72.8 Å². The number of hydrogen-bond acceptors (Lipinski definition) is 8. The number of aromatic nitrogens is 2. The Morgan fingerprint density at radius 1 is 0.887 bits per heavy atom. The molecule has 3 N–H and O–H groups in total. The van der Waals surface area contributed by atoms with Crippen LogP contribution in [0.5, 0.6) is 5.75 Å². The van der Waals surface area contributed by atoms with Crippen molar-refractivity contribution in [1.82, 2.24) is 24.9 Å². The molecule has 13 heteroatoms. The summed E-state index contributed by atoms with van der Waals surface area (Å²) in [6.45, 7) is 16.8. The summed E-state index contributed by atoms with van der Waals surface area (Å²) in [7, 11) is 1.54. The summed E-state index contributed by atoms with van der Waals surface area (Å²) in [6, 6.07) is 16.3. The first kappa shape index (κ1) is 38.0. The molecule has 13 nitrogen and oxygen atoms in total. The lowest BCUT2D eigenvalue weighted by Crippen LogP contribution is -2.63. The summed E-state index contributed by atoms with van der Waals surface area (Å²) in [5.41, 5.74) is 0.344. The highest BCUT2D eigenvalue weighted by Crippen LogP contribution is 2.58. The van der Waals surface area contributed by atoms with Crippen LogP contribution in [0, 0.1) is 16.2 Å². The second kappa shape index (κ2) is 14.6. The first-order chi connectivity index (χ1) is 25.0. The number of anilines is 2. The van der Waals surface area contributed by atoms with E-state index < -0.39 is 22.3 Å². The molecule has 2 aliphatic heterocycles. The Morgan fingerprint density at radius 3 is 2.11 bits per heavy atom. The summed E-state index contributed by atoms with van der Waals surface area (Å²) in [5, 5.41) is 13.8. The zero-order chi connectivity index (χ0) is 38.2. The van der Waals surface area contributed by atoms with Gasteiger partial charge in [0.15, 0.2) is 0 Å². The maximum absolute atomic E-state index is 13.7. The van der Waals surface area contributed by atoms with E-state index in [-0.39, 0.29) is 29.7 Å². The highest BCUT2D eigenvalue weighted by molar-refractivity contribution is 6.04. The van der Waals surface area contributed by atoms with E-state index in [4.69, 9.17) is 14.6 Å². The number of benzene rings is 2. The molecule has 2 saturated heterocycles. The fourth-order valence-corrected chi connectivity index (χ4v) is 8.35. The molecule has 3 aromatic rings. The Morgan fingerprint density at radius 2 is 1.51 bits per heavy atom. The zero-order valence-electron chi connectivity index (χ0n) is 32.0. The lowest BCUT2D eigenvalue weighted by Gasteiger charge is -2.55. The van der Waals surface area contributed by atoms with E-state index in [1.165, 1.54) is 4.90 Å². The van der Waals surface area contributed by atoms with Crippen molar-refractivity contribution in [2.75, 3.05) is 57.1 Å². The van der Waals surface area contributed by atoms with Gasteiger partial charge >= 0.3 is 6.03 Å². The maximum atomic E-state index is 13.7. The van der Waals surface area contributed by atoms with Crippen LogP contribution in [-0.4, -0.2) is 89.8 Å². The molecule has 2 unspecified atom stereocenters. The fraction of sp³-hybridized carbons (Fsp3) is 0.525. The quantitative estimate of drug-likeness (QED) is 0.237. The summed E-state index contributed by atoms with van der Waals surface area (Å²) in [5.74, 6) is 0.626. The third kappa shape index (κ3) is 8.26. The summed E-state index contributed by atoms with van der Waals surface area (Å²) in [4.78, 5) is 56.6. The standard InChI is InChI=1S/C40H53N7O6/c1-37(2,3)31-22-32(43-36(51)42-28-10-14-30(15-11-28)53-21-18-46-16-19-52-20-17-46)47(44-31)29-12-8-27(9-13-29)23-41-33(48)38(4)24-39(5)26-40(6,25-38)35(50)45(7)34(39)49/h8-15,22H,16-21,23-26H2,1-7H3,(H,41,48)(H2,42,43,51). The largest absolute Gasteiger partial charge is 0.492 e.